The van der Waals surface area contributed by atoms with Gasteiger partial charge in [-0.1, -0.05) is 39.0 Å². The molecular formula is C33H38N8O3. The summed E-state index contributed by atoms with van der Waals surface area (Å²) < 4.78 is 9.02. The number of benzene rings is 1. The lowest BCUT2D eigenvalue weighted by molar-refractivity contribution is -0.121. The summed E-state index contributed by atoms with van der Waals surface area (Å²) in [6.07, 6.45) is 7.84. The molecule has 3 aliphatic rings. The summed E-state index contributed by atoms with van der Waals surface area (Å²) >= 11 is 0. The lowest BCUT2D eigenvalue weighted by Gasteiger charge is -2.33. The van der Waals surface area contributed by atoms with Crippen molar-refractivity contribution in [2.24, 2.45) is 5.41 Å². The highest BCUT2D eigenvalue weighted by molar-refractivity contribution is 5.97. The molecule has 1 aromatic carbocycles. The summed E-state index contributed by atoms with van der Waals surface area (Å²) in [7, 11) is 2.18. The van der Waals surface area contributed by atoms with Gasteiger partial charge in [0.1, 0.15) is 5.39 Å². The van der Waals surface area contributed by atoms with Crippen LogP contribution in [0.4, 0.5) is 17.5 Å². The quantitative estimate of drug-likeness (QED) is 0.324. The van der Waals surface area contributed by atoms with E-state index < -0.39 is 0 Å². The number of amides is 1. The summed E-state index contributed by atoms with van der Waals surface area (Å²) in [5, 5.41) is 3.75. The van der Waals surface area contributed by atoms with E-state index in [1.165, 1.54) is 24.0 Å². The van der Waals surface area contributed by atoms with Crippen LogP contribution in [0.5, 0.6) is 5.75 Å². The molecule has 0 unspecified atom stereocenters. The molecular weight excluding hydrogens is 556 g/mol. The molecule has 1 spiro atoms. The SMILES string of the molecule is C/C=C\Cn1c(=O)c2cnc(Nc3ccc4c(c3)CN(C)CC43CC3)nc2n1-c1ccc2c(n1)N(CC(C)(C)C)C(=O)CO2. The Hall–Kier alpha value is -4.51. The monoisotopic (exact) mass is 594 g/mol. The van der Waals surface area contributed by atoms with Crippen molar-refractivity contribution in [3.05, 3.63) is 70.2 Å². The second-order valence-corrected chi connectivity index (χ2v) is 13.5. The fourth-order valence-corrected chi connectivity index (χ4v) is 6.49. The third-order valence-electron chi connectivity index (χ3n) is 8.57. The minimum atomic E-state index is -0.227. The zero-order valence-electron chi connectivity index (χ0n) is 25.9. The molecule has 3 aromatic heterocycles. The van der Waals surface area contributed by atoms with Gasteiger partial charge in [-0.2, -0.15) is 4.98 Å². The van der Waals surface area contributed by atoms with Crippen molar-refractivity contribution in [1.29, 1.82) is 0 Å². The van der Waals surface area contributed by atoms with E-state index in [0.29, 0.717) is 52.9 Å². The van der Waals surface area contributed by atoms with E-state index in [2.05, 4.69) is 61.2 Å². The zero-order chi connectivity index (χ0) is 30.8. The van der Waals surface area contributed by atoms with Crippen LogP contribution in [-0.4, -0.2) is 61.9 Å². The predicted molar refractivity (Wildman–Crippen MR) is 170 cm³/mol. The highest BCUT2D eigenvalue weighted by atomic mass is 16.5. The molecule has 0 radical (unpaired) electrons. The van der Waals surface area contributed by atoms with E-state index in [9.17, 15) is 9.59 Å². The Bertz CT molecular complexity index is 1880. The van der Waals surface area contributed by atoms with Crippen LogP contribution in [0.15, 0.2) is 53.5 Å². The lowest BCUT2D eigenvalue weighted by atomic mass is 9.87. The minimum Gasteiger partial charge on any atom is -0.480 e. The molecule has 11 heteroatoms. The van der Waals surface area contributed by atoms with Gasteiger partial charge in [-0.25, -0.2) is 19.3 Å². The zero-order valence-corrected chi connectivity index (χ0v) is 25.9. The normalized spacial score (nSPS) is 17.7. The number of ether oxygens (including phenoxy) is 1. The number of allylic oxidation sites excluding steroid dienone is 2. The Labute approximate surface area is 256 Å². The van der Waals surface area contributed by atoms with Gasteiger partial charge in [0.25, 0.3) is 11.5 Å². The molecule has 1 N–H and O–H groups in total. The van der Waals surface area contributed by atoms with Gasteiger partial charge < -0.3 is 15.0 Å². The van der Waals surface area contributed by atoms with Gasteiger partial charge >= 0.3 is 0 Å². The number of rotatable bonds is 6. The van der Waals surface area contributed by atoms with Crippen LogP contribution < -0.4 is 20.5 Å². The lowest BCUT2D eigenvalue weighted by Crippen LogP contribution is -2.44. The van der Waals surface area contributed by atoms with Gasteiger partial charge in [0.2, 0.25) is 5.95 Å². The highest BCUT2D eigenvalue weighted by Gasteiger charge is 2.48. The molecule has 44 heavy (non-hydrogen) atoms. The number of anilines is 3. The van der Waals surface area contributed by atoms with E-state index in [1.54, 1.807) is 32.6 Å². The van der Waals surface area contributed by atoms with Gasteiger partial charge in [-0.3, -0.25) is 14.5 Å². The van der Waals surface area contributed by atoms with Crippen LogP contribution in [0, 0.1) is 5.41 Å². The van der Waals surface area contributed by atoms with Crippen LogP contribution in [0.2, 0.25) is 0 Å². The first-order valence-corrected chi connectivity index (χ1v) is 15.2. The summed E-state index contributed by atoms with van der Waals surface area (Å²) in [5.74, 6) is 1.64. The average molecular weight is 595 g/mol. The number of carbonyl (C=O) groups excluding carboxylic acids is 1. The van der Waals surface area contributed by atoms with Crippen LogP contribution in [0.1, 0.15) is 51.7 Å². The number of aromatic nitrogens is 5. The summed E-state index contributed by atoms with van der Waals surface area (Å²) in [6, 6.07) is 10.1. The summed E-state index contributed by atoms with van der Waals surface area (Å²) in [6.45, 7) is 10.9. The third-order valence-corrected chi connectivity index (χ3v) is 8.57. The third kappa shape index (κ3) is 4.94. The van der Waals surface area contributed by atoms with E-state index >= 15 is 0 Å². The predicted octanol–water partition coefficient (Wildman–Crippen LogP) is 4.55. The van der Waals surface area contributed by atoms with Gasteiger partial charge in [-0.05, 0) is 67.6 Å². The fourth-order valence-electron chi connectivity index (χ4n) is 6.49. The van der Waals surface area contributed by atoms with Crippen molar-refractivity contribution in [3.63, 3.8) is 0 Å². The molecule has 4 aromatic rings. The Morgan fingerprint density at radius 3 is 2.68 bits per heavy atom. The first kappa shape index (κ1) is 28.3. The van der Waals surface area contributed by atoms with Crippen LogP contribution in [0.3, 0.4) is 0 Å². The van der Waals surface area contributed by atoms with Crippen molar-refractivity contribution in [3.8, 4) is 11.6 Å². The minimum absolute atomic E-state index is 0.0369. The number of pyridine rings is 1. The highest BCUT2D eigenvalue weighted by Crippen LogP contribution is 2.52. The van der Waals surface area contributed by atoms with E-state index in [1.807, 2.05) is 19.1 Å². The average Bonchev–Trinajstić information content (AvgIpc) is 3.68. The molecule has 1 fully saturated rings. The van der Waals surface area contributed by atoms with Gasteiger partial charge in [0.15, 0.2) is 29.6 Å². The van der Waals surface area contributed by atoms with E-state index in [4.69, 9.17) is 14.7 Å². The smallest absolute Gasteiger partial charge is 0.278 e. The van der Waals surface area contributed by atoms with E-state index in [-0.39, 0.29) is 23.5 Å². The number of likely N-dealkylation sites (N-methyl/N-ethyl adjacent to an activating group) is 1. The van der Waals surface area contributed by atoms with Gasteiger partial charge in [-0.15, -0.1) is 0 Å². The number of nitrogens with zero attached hydrogens (tertiary/aromatic N) is 7. The molecule has 0 bridgehead atoms. The number of fused-ring (bicyclic) bond motifs is 4. The van der Waals surface area contributed by atoms with Crippen molar-refractivity contribution >= 4 is 34.4 Å². The van der Waals surface area contributed by atoms with Crippen LogP contribution in [0.25, 0.3) is 16.9 Å². The number of carbonyl (C=O) groups is 1. The summed E-state index contributed by atoms with van der Waals surface area (Å²) in [5.41, 5.74) is 4.02. The fraction of sp³-hybridized carbons (Fsp3) is 0.424. The van der Waals surface area contributed by atoms with Crippen LogP contribution >= 0.6 is 0 Å². The van der Waals surface area contributed by atoms with E-state index in [0.717, 1.165) is 18.8 Å². The molecule has 11 nitrogen and oxygen atoms in total. The van der Waals surface area contributed by atoms with Crippen molar-refractivity contribution < 1.29 is 9.53 Å². The molecule has 2 aliphatic heterocycles. The maximum absolute atomic E-state index is 13.6. The number of hydrogen-bond acceptors (Lipinski definition) is 8. The van der Waals surface area contributed by atoms with Gasteiger partial charge in [0.05, 0.1) is 6.54 Å². The van der Waals surface area contributed by atoms with Gasteiger partial charge in [0, 0.05) is 36.9 Å². The van der Waals surface area contributed by atoms with Crippen molar-refractivity contribution in [2.45, 2.75) is 59.0 Å². The molecule has 228 valence electrons. The first-order chi connectivity index (χ1) is 21.0. The second kappa shape index (κ2) is 10.3. The Balaban J connectivity index is 1.31. The maximum atomic E-state index is 13.6. The Morgan fingerprint density at radius 2 is 1.93 bits per heavy atom. The molecule has 1 aliphatic carbocycles. The molecule has 7 rings (SSSR count). The molecule has 0 saturated heterocycles. The molecule has 0 atom stereocenters. The van der Waals surface area contributed by atoms with Crippen LogP contribution in [-0.2, 0) is 23.3 Å². The largest absolute Gasteiger partial charge is 0.480 e. The molecule has 1 saturated carbocycles. The summed E-state index contributed by atoms with van der Waals surface area (Å²) in [4.78, 5) is 44.9. The first-order valence-electron chi connectivity index (χ1n) is 15.2. The Morgan fingerprint density at radius 1 is 1.11 bits per heavy atom. The topological polar surface area (TPSA) is 110 Å². The maximum Gasteiger partial charge on any atom is 0.278 e. The number of nitrogens with one attached hydrogen (secondary N) is 1. The Kier molecular flexibility index (Phi) is 6.61. The molecule has 5 heterocycles. The second-order valence-electron chi connectivity index (χ2n) is 13.5. The molecule has 1 amide bonds. The van der Waals surface area contributed by atoms with Crippen molar-refractivity contribution in [2.75, 3.05) is 37.0 Å². The standard InChI is InChI=1S/C33H38N8O3/c1-6-7-14-40-30(43)23-16-34-31(35-22-8-9-24-21(15-22)17-38(5)20-33(24)12-13-33)37-28(23)41(40)26-11-10-25-29(36-26)39(19-32(2,3)4)27(42)18-44-25/h6-11,15-16H,12-14,17-20H2,1-5H3,(H,34,35,37)/b7-6-. The van der Waals surface area contributed by atoms with Crippen molar-refractivity contribution in [1.82, 2.24) is 29.2 Å². The number of hydrogen-bond donors (Lipinski definition) is 1.